The third kappa shape index (κ3) is 0.737. The van der Waals surface area contributed by atoms with Crippen LogP contribution in [0.5, 0.6) is 5.88 Å². The highest BCUT2D eigenvalue weighted by molar-refractivity contribution is 5.51. The van der Waals surface area contributed by atoms with Gasteiger partial charge in [-0.25, -0.2) is 4.98 Å². The fourth-order valence-corrected chi connectivity index (χ4v) is 0.666. The van der Waals surface area contributed by atoms with Crippen molar-refractivity contribution in [3.63, 3.8) is 0 Å². The van der Waals surface area contributed by atoms with Crippen molar-refractivity contribution in [2.45, 2.75) is 0 Å². The monoisotopic (exact) mass is 139 g/mol. The molecule has 1 aromatic rings. The SMILES string of the molecule is C=Cc1nc(N)n(C)c1O. The van der Waals surface area contributed by atoms with Gasteiger partial charge in [0, 0.05) is 7.05 Å². The van der Waals surface area contributed by atoms with Crippen LogP contribution in [0, 0.1) is 0 Å². The molecule has 54 valence electrons. The van der Waals surface area contributed by atoms with Crippen LogP contribution in [0.4, 0.5) is 5.95 Å². The van der Waals surface area contributed by atoms with Crippen LogP contribution in [0.25, 0.3) is 6.08 Å². The van der Waals surface area contributed by atoms with Crippen molar-refractivity contribution in [3.8, 4) is 5.88 Å². The second-order valence-corrected chi connectivity index (χ2v) is 1.94. The van der Waals surface area contributed by atoms with E-state index in [2.05, 4.69) is 11.6 Å². The van der Waals surface area contributed by atoms with Gasteiger partial charge in [-0.2, -0.15) is 0 Å². The topological polar surface area (TPSA) is 64.1 Å². The van der Waals surface area contributed by atoms with E-state index in [-0.39, 0.29) is 11.8 Å². The van der Waals surface area contributed by atoms with Crippen molar-refractivity contribution in [2.24, 2.45) is 7.05 Å². The lowest BCUT2D eigenvalue weighted by molar-refractivity contribution is 0.432. The summed E-state index contributed by atoms with van der Waals surface area (Å²) < 4.78 is 1.39. The lowest BCUT2D eigenvalue weighted by atomic mass is 10.4. The van der Waals surface area contributed by atoms with Gasteiger partial charge in [0.25, 0.3) is 0 Å². The van der Waals surface area contributed by atoms with E-state index in [0.29, 0.717) is 5.69 Å². The summed E-state index contributed by atoms with van der Waals surface area (Å²) in [4.78, 5) is 3.80. The molecule has 1 rings (SSSR count). The molecule has 0 aliphatic rings. The van der Waals surface area contributed by atoms with E-state index in [1.54, 1.807) is 7.05 Å². The summed E-state index contributed by atoms with van der Waals surface area (Å²) in [7, 11) is 1.63. The highest BCUT2D eigenvalue weighted by atomic mass is 16.3. The quantitative estimate of drug-likeness (QED) is 0.590. The number of aromatic hydroxyl groups is 1. The van der Waals surface area contributed by atoms with Crippen LogP contribution in [0.2, 0.25) is 0 Å². The molecule has 0 saturated carbocycles. The zero-order valence-electron chi connectivity index (χ0n) is 5.70. The van der Waals surface area contributed by atoms with Crippen molar-refractivity contribution in [2.75, 3.05) is 5.73 Å². The van der Waals surface area contributed by atoms with Gasteiger partial charge in [-0.15, -0.1) is 0 Å². The third-order valence-electron chi connectivity index (χ3n) is 1.32. The number of nitrogen functional groups attached to an aromatic ring is 1. The molecule has 1 aromatic heterocycles. The van der Waals surface area contributed by atoms with E-state index < -0.39 is 0 Å². The first-order valence-electron chi connectivity index (χ1n) is 2.80. The number of hydrogen-bond donors (Lipinski definition) is 2. The number of aromatic nitrogens is 2. The van der Waals surface area contributed by atoms with Crippen LogP contribution in [0.3, 0.4) is 0 Å². The zero-order chi connectivity index (χ0) is 7.72. The van der Waals surface area contributed by atoms with Gasteiger partial charge < -0.3 is 10.8 Å². The van der Waals surface area contributed by atoms with E-state index in [1.807, 2.05) is 0 Å². The fourth-order valence-electron chi connectivity index (χ4n) is 0.666. The average Bonchev–Trinajstić information content (AvgIpc) is 2.17. The summed E-state index contributed by atoms with van der Waals surface area (Å²) in [5, 5.41) is 9.17. The van der Waals surface area contributed by atoms with Gasteiger partial charge in [-0.05, 0) is 6.08 Å². The predicted octanol–water partition coefficient (Wildman–Crippen LogP) is 0.351. The smallest absolute Gasteiger partial charge is 0.220 e. The fraction of sp³-hybridized carbons (Fsp3) is 0.167. The van der Waals surface area contributed by atoms with Crippen molar-refractivity contribution < 1.29 is 5.11 Å². The molecule has 4 heteroatoms. The van der Waals surface area contributed by atoms with E-state index >= 15 is 0 Å². The Hall–Kier alpha value is -1.45. The Morgan fingerprint density at radius 1 is 1.80 bits per heavy atom. The van der Waals surface area contributed by atoms with E-state index in [9.17, 15) is 0 Å². The molecular formula is C6H9N3O. The van der Waals surface area contributed by atoms with Gasteiger partial charge in [0.05, 0.1) is 0 Å². The van der Waals surface area contributed by atoms with Gasteiger partial charge >= 0.3 is 0 Å². The summed E-state index contributed by atoms with van der Waals surface area (Å²) in [6.07, 6.45) is 1.45. The molecule has 0 aliphatic carbocycles. The maximum Gasteiger partial charge on any atom is 0.220 e. The number of imidazole rings is 1. The van der Waals surface area contributed by atoms with Gasteiger partial charge in [-0.3, -0.25) is 4.57 Å². The molecule has 0 spiro atoms. The normalized spacial score (nSPS) is 9.70. The first-order chi connectivity index (χ1) is 4.66. The highest BCUT2D eigenvalue weighted by Gasteiger charge is 2.06. The Morgan fingerprint density at radius 3 is 2.60 bits per heavy atom. The minimum atomic E-state index is 0.0486. The minimum Gasteiger partial charge on any atom is -0.493 e. The molecule has 4 nitrogen and oxygen atoms in total. The third-order valence-corrected chi connectivity index (χ3v) is 1.32. The minimum absolute atomic E-state index is 0.0486. The molecule has 0 fully saturated rings. The standard InChI is InChI=1S/C6H9N3O/c1-3-4-5(10)9(2)6(7)8-4/h3,10H,1H2,2H3,(H2,7,8). The molecule has 0 saturated heterocycles. The molecule has 0 amide bonds. The summed E-state index contributed by atoms with van der Waals surface area (Å²) in [6, 6.07) is 0. The molecule has 3 N–H and O–H groups in total. The molecule has 0 atom stereocenters. The largest absolute Gasteiger partial charge is 0.493 e. The Balaban J connectivity index is 3.30. The average molecular weight is 139 g/mol. The van der Waals surface area contributed by atoms with Crippen molar-refractivity contribution in [1.82, 2.24) is 9.55 Å². The van der Waals surface area contributed by atoms with Crippen molar-refractivity contribution in [3.05, 3.63) is 12.3 Å². The number of nitrogens with two attached hydrogens (primary N) is 1. The van der Waals surface area contributed by atoms with Crippen LogP contribution in [0.15, 0.2) is 6.58 Å². The maximum atomic E-state index is 9.17. The lowest BCUT2D eigenvalue weighted by Crippen LogP contribution is -1.95. The Kier molecular flexibility index (Phi) is 1.37. The highest BCUT2D eigenvalue weighted by Crippen LogP contribution is 2.18. The van der Waals surface area contributed by atoms with Gasteiger partial charge in [0.2, 0.25) is 11.8 Å². The van der Waals surface area contributed by atoms with Gasteiger partial charge in [-0.1, -0.05) is 6.58 Å². The summed E-state index contributed by atoms with van der Waals surface area (Å²) in [5.41, 5.74) is 5.78. The predicted molar refractivity (Wildman–Crippen MR) is 39.4 cm³/mol. The van der Waals surface area contributed by atoms with Crippen LogP contribution in [-0.4, -0.2) is 14.7 Å². The van der Waals surface area contributed by atoms with E-state index in [4.69, 9.17) is 10.8 Å². The molecule has 10 heavy (non-hydrogen) atoms. The lowest BCUT2D eigenvalue weighted by Gasteiger charge is -1.93. The summed E-state index contributed by atoms with van der Waals surface area (Å²) in [5.74, 6) is 0.333. The van der Waals surface area contributed by atoms with Crippen molar-refractivity contribution in [1.29, 1.82) is 0 Å². The van der Waals surface area contributed by atoms with Gasteiger partial charge in [0.1, 0.15) is 5.69 Å². The van der Waals surface area contributed by atoms with Crippen LogP contribution < -0.4 is 5.73 Å². The Morgan fingerprint density at radius 2 is 2.40 bits per heavy atom. The number of anilines is 1. The summed E-state index contributed by atoms with van der Waals surface area (Å²) >= 11 is 0. The zero-order valence-corrected chi connectivity index (χ0v) is 5.70. The molecule has 0 aromatic carbocycles. The Bertz CT molecular complexity index is 264. The second-order valence-electron chi connectivity index (χ2n) is 1.94. The van der Waals surface area contributed by atoms with Crippen LogP contribution in [-0.2, 0) is 7.05 Å². The maximum absolute atomic E-state index is 9.17. The van der Waals surface area contributed by atoms with Crippen molar-refractivity contribution >= 4 is 12.0 Å². The number of rotatable bonds is 1. The molecule has 0 aliphatic heterocycles. The van der Waals surface area contributed by atoms with Crippen LogP contribution >= 0.6 is 0 Å². The van der Waals surface area contributed by atoms with Gasteiger partial charge in [0.15, 0.2) is 0 Å². The molecular weight excluding hydrogens is 130 g/mol. The first-order valence-corrected chi connectivity index (χ1v) is 2.80. The molecule has 1 heterocycles. The number of nitrogens with zero attached hydrogens (tertiary/aromatic N) is 2. The van der Waals surface area contributed by atoms with E-state index in [0.717, 1.165) is 0 Å². The van der Waals surface area contributed by atoms with Crippen LogP contribution in [0.1, 0.15) is 5.69 Å². The Labute approximate surface area is 58.6 Å². The molecule has 0 bridgehead atoms. The molecule has 0 unspecified atom stereocenters. The second kappa shape index (κ2) is 2.06. The molecule has 0 radical (unpaired) electrons. The van der Waals surface area contributed by atoms with E-state index in [1.165, 1.54) is 10.6 Å². The summed E-state index contributed by atoms with van der Waals surface area (Å²) in [6.45, 7) is 3.45. The number of hydrogen-bond acceptors (Lipinski definition) is 3. The first kappa shape index (κ1) is 6.67.